The molecule has 0 saturated heterocycles. The van der Waals surface area contributed by atoms with Crippen LogP contribution in [0.1, 0.15) is 18.4 Å². The average molecular weight is 367 g/mol. The molecule has 0 amide bonds. The summed E-state index contributed by atoms with van der Waals surface area (Å²) in [7, 11) is -2.14. The molecule has 1 heterocycles. The largest absolute Gasteiger partial charge is 0.383 e. The molecule has 25 heavy (non-hydrogen) atoms. The molecule has 1 aliphatic heterocycles. The number of benzene rings is 1. The van der Waals surface area contributed by atoms with Crippen molar-refractivity contribution in [1.82, 2.24) is 8.61 Å². The van der Waals surface area contributed by atoms with Gasteiger partial charge in [-0.25, -0.2) is 4.39 Å². The van der Waals surface area contributed by atoms with E-state index in [-0.39, 0.29) is 38.5 Å². The van der Waals surface area contributed by atoms with Crippen LogP contribution in [0.5, 0.6) is 0 Å². The Morgan fingerprint density at radius 3 is 2.60 bits per heavy atom. The van der Waals surface area contributed by atoms with E-state index in [0.29, 0.717) is 13.0 Å². The zero-order valence-electron chi connectivity index (χ0n) is 14.2. The molecule has 0 unspecified atom stereocenters. The molecule has 0 N–H and O–H groups in total. The molecule has 0 aromatic heterocycles. The highest BCUT2D eigenvalue weighted by Gasteiger charge is 2.30. The summed E-state index contributed by atoms with van der Waals surface area (Å²) in [6.45, 7) is 1.24. The van der Waals surface area contributed by atoms with Gasteiger partial charge in [-0.2, -0.15) is 22.3 Å². The third-order valence-corrected chi connectivity index (χ3v) is 6.06. The van der Waals surface area contributed by atoms with Gasteiger partial charge in [0.1, 0.15) is 5.82 Å². The van der Waals surface area contributed by atoms with Crippen LogP contribution in [-0.2, 0) is 14.9 Å². The summed E-state index contributed by atoms with van der Waals surface area (Å²) in [6, 6.07) is 8.16. The summed E-state index contributed by atoms with van der Waals surface area (Å²) in [5, 5.41) is 8.74. The minimum Gasteiger partial charge on any atom is -0.383 e. The summed E-state index contributed by atoms with van der Waals surface area (Å²) in [5.41, 5.74) is 1.91. The second kappa shape index (κ2) is 9.06. The van der Waals surface area contributed by atoms with Crippen LogP contribution < -0.4 is 0 Å². The summed E-state index contributed by atoms with van der Waals surface area (Å²) < 4.78 is 46.3. The van der Waals surface area contributed by atoms with E-state index in [1.54, 1.807) is 12.1 Å². The molecule has 0 atom stereocenters. The number of nitrogens with zero attached hydrogens (tertiary/aromatic N) is 3. The van der Waals surface area contributed by atoms with E-state index < -0.39 is 10.2 Å². The third-order valence-electron chi connectivity index (χ3n) is 4.06. The van der Waals surface area contributed by atoms with E-state index in [4.69, 9.17) is 10.00 Å². The zero-order chi connectivity index (χ0) is 18.3. The van der Waals surface area contributed by atoms with E-state index in [9.17, 15) is 12.8 Å². The van der Waals surface area contributed by atoms with Gasteiger partial charge in [0.15, 0.2) is 0 Å². The summed E-state index contributed by atoms with van der Waals surface area (Å²) in [6.07, 6.45) is 2.54. The Morgan fingerprint density at radius 1 is 1.32 bits per heavy atom. The molecule has 0 spiro atoms. The van der Waals surface area contributed by atoms with Gasteiger partial charge >= 0.3 is 0 Å². The Labute approximate surface area is 148 Å². The second-order valence-electron chi connectivity index (χ2n) is 5.65. The number of hydrogen-bond donors (Lipinski definition) is 0. The molecular formula is C17H22FN3O3S. The van der Waals surface area contributed by atoms with Crippen molar-refractivity contribution < 1.29 is 17.5 Å². The van der Waals surface area contributed by atoms with Crippen LogP contribution in [0.25, 0.3) is 5.57 Å². The Balaban J connectivity index is 2.10. The lowest BCUT2D eigenvalue weighted by Gasteiger charge is -2.31. The lowest BCUT2D eigenvalue weighted by atomic mass is 10.0. The van der Waals surface area contributed by atoms with Crippen LogP contribution >= 0.6 is 0 Å². The standard InChI is InChI=1S/C17H22FN3O3S/c1-24-14-13-20(10-2-9-19)25(22,23)21-11-7-16(8-12-21)15-3-5-17(18)6-4-15/h3-7H,2,8,10-14H2,1H3. The number of rotatable bonds is 8. The van der Waals surface area contributed by atoms with E-state index in [0.717, 1.165) is 11.1 Å². The number of halogens is 1. The average Bonchev–Trinajstić information content (AvgIpc) is 2.62. The van der Waals surface area contributed by atoms with Gasteiger partial charge in [0.25, 0.3) is 10.2 Å². The van der Waals surface area contributed by atoms with Crippen molar-refractivity contribution in [3.05, 3.63) is 41.7 Å². The van der Waals surface area contributed by atoms with E-state index in [2.05, 4.69) is 0 Å². The van der Waals surface area contributed by atoms with Gasteiger partial charge in [0.2, 0.25) is 0 Å². The van der Waals surface area contributed by atoms with Crippen LogP contribution in [0, 0.1) is 17.1 Å². The quantitative estimate of drug-likeness (QED) is 0.705. The molecule has 2 rings (SSSR count). The van der Waals surface area contributed by atoms with E-state index in [1.807, 2.05) is 12.1 Å². The SMILES string of the molecule is COCCN(CCC#N)S(=O)(=O)N1CC=C(c2ccc(F)cc2)CC1. The lowest BCUT2D eigenvalue weighted by molar-refractivity contribution is 0.176. The van der Waals surface area contributed by atoms with Gasteiger partial charge in [0.05, 0.1) is 12.7 Å². The van der Waals surface area contributed by atoms with Crippen LogP contribution in [0.2, 0.25) is 0 Å². The molecule has 136 valence electrons. The third kappa shape index (κ3) is 5.09. The van der Waals surface area contributed by atoms with Gasteiger partial charge in [-0.15, -0.1) is 0 Å². The van der Waals surface area contributed by atoms with Crippen molar-refractivity contribution in [1.29, 1.82) is 5.26 Å². The lowest BCUT2D eigenvalue weighted by Crippen LogP contribution is -2.46. The van der Waals surface area contributed by atoms with Crippen molar-refractivity contribution >= 4 is 15.8 Å². The molecule has 0 aliphatic carbocycles. The summed E-state index contributed by atoms with van der Waals surface area (Å²) in [4.78, 5) is 0. The smallest absolute Gasteiger partial charge is 0.282 e. The van der Waals surface area contributed by atoms with Gasteiger partial charge in [0, 0.05) is 39.7 Å². The number of nitriles is 1. The van der Waals surface area contributed by atoms with E-state index >= 15 is 0 Å². The molecule has 1 aromatic rings. The maximum atomic E-state index is 13.0. The zero-order valence-corrected chi connectivity index (χ0v) is 15.0. The van der Waals surface area contributed by atoms with Gasteiger partial charge in [-0.05, 0) is 29.7 Å². The van der Waals surface area contributed by atoms with Gasteiger partial charge in [-0.1, -0.05) is 18.2 Å². The summed E-state index contributed by atoms with van der Waals surface area (Å²) in [5.74, 6) is -0.296. The molecule has 0 fully saturated rings. The minimum atomic E-state index is -3.65. The molecule has 0 radical (unpaired) electrons. The molecule has 0 bridgehead atoms. The van der Waals surface area contributed by atoms with Crippen molar-refractivity contribution in [2.45, 2.75) is 12.8 Å². The van der Waals surface area contributed by atoms with Crippen LogP contribution in [0.15, 0.2) is 30.3 Å². The van der Waals surface area contributed by atoms with Gasteiger partial charge in [-0.3, -0.25) is 0 Å². The Morgan fingerprint density at radius 2 is 2.04 bits per heavy atom. The maximum absolute atomic E-state index is 13.0. The van der Waals surface area contributed by atoms with Crippen LogP contribution in [0.4, 0.5) is 4.39 Å². The first kappa shape index (κ1) is 19.5. The minimum absolute atomic E-state index is 0.132. The topological polar surface area (TPSA) is 73.6 Å². The molecule has 1 aliphatic rings. The Hall–Kier alpha value is -1.79. The Bertz CT molecular complexity index is 741. The highest BCUT2D eigenvalue weighted by atomic mass is 32.2. The van der Waals surface area contributed by atoms with Crippen molar-refractivity contribution in [3.63, 3.8) is 0 Å². The predicted molar refractivity (Wildman–Crippen MR) is 93.2 cm³/mol. The molecular weight excluding hydrogens is 345 g/mol. The first-order valence-corrected chi connectivity index (χ1v) is 9.45. The number of ether oxygens (including phenoxy) is 1. The van der Waals surface area contributed by atoms with Crippen molar-refractivity contribution in [3.8, 4) is 6.07 Å². The van der Waals surface area contributed by atoms with Crippen molar-refractivity contribution in [2.75, 3.05) is 39.9 Å². The molecule has 6 nitrogen and oxygen atoms in total. The summed E-state index contributed by atoms with van der Waals surface area (Å²) >= 11 is 0. The van der Waals surface area contributed by atoms with Crippen molar-refractivity contribution in [2.24, 2.45) is 0 Å². The molecule has 0 saturated carbocycles. The first-order valence-electron chi connectivity index (χ1n) is 8.05. The first-order chi connectivity index (χ1) is 12.0. The normalized spacial score (nSPS) is 15.8. The van der Waals surface area contributed by atoms with Crippen LogP contribution in [-0.4, -0.2) is 56.9 Å². The highest BCUT2D eigenvalue weighted by Crippen LogP contribution is 2.24. The molecule has 8 heteroatoms. The van der Waals surface area contributed by atoms with E-state index in [1.165, 1.54) is 27.9 Å². The van der Waals surface area contributed by atoms with Crippen LogP contribution in [0.3, 0.4) is 0 Å². The molecule has 1 aromatic carbocycles. The monoisotopic (exact) mass is 367 g/mol. The second-order valence-corrected chi connectivity index (χ2v) is 7.58. The number of methoxy groups -OCH3 is 1. The fraction of sp³-hybridized carbons (Fsp3) is 0.471. The highest BCUT2D eigenvalue weighted by molar-refractivity contribution is 7.86. The van der Waals surface area contributed by atoms with Gasteiger partial charge < -0.3 is 4.74 Å². The predicted octanol–water partition coefficient (Wildman–Crippen LogP) is 2.02. The fourth-order valence-corrected chi connectivity index (χ4v) is 4.20. The maximum Gasteiger partial charge on any atom is 0.282 e. The number of hydrogen-bond acceptors (Lipinski definition) is 4. The fourth-order valence-electron chi connectivity index (χ4n) is 2.66. The Kier molecular flexibility index (Phi) is 7.08.